The molecule has 0 aliphatic heterocycles. The van der Waals surface area contributed by atoms with Gasteiger partial charge in [-0.3, -0.25) is 0 Å². The number of rotatable bonds is 3. The average molecular weight is 262 g/mol. The maximum atomic E-state index is 5.98. The van der Waals surface area contributed by atoms with E-state index in [4.69, 9.17) is 5.73 Å². The van der Waals surface area contributed by atoms with Crippen LogP contribution in [0.5, 0.6) is 0 Å². The first kappa shape index (κ1) is 11.8. The first-order chi connectivity index (χ1) is 8.58. The second-order valence-corrected chi connectivity index (χ2v) is 6.42. The Hall–Kier alpha value is -1.23. The zero-order valence-corrected chi connectivity index (χ0v) is 11.8. The lowest BCUT2D eigenvalue weighted by Gasteiger charge is -2.15. The van der Waals surface area contributed by atoms with Crippen LogP contribution in [-0.4, -0.2) is 25.5 Å². The lowest BCUT2D eigenvalue weighted by molar-refractivity contribution is 0.660. The number of aryl methyl sites for hydroxylation is 1. The molecule has 2 aromatic rings. The first-order valence-corrected chi connectivity index (χ1v) is 7.41. The number of anilines is 1. The van der Waals surface area contributed by atoms with Crippen molar-refractivity contribution in [2.45, 2.75) is 38.0 Å². The third-order valence-corrected chi connectivity index (χ3v) is 5.53. The molecule has 1 aliphatic carbocycles. The Morgan fingerprint density at radius 3 is 2.72 bits per heavy atom. The maximum absolute atomic E-state index is 5.98. The van der Waals surface area contributed by atoms with E-state index in [2.05, 4.69) is 34.6 Å². The summed E-state index contributed by atoms with van der Waals surface area (Å²) in [7, 11) is 0. The summed E-state index contributed by atoms with van der Waals surface area (Å²) in [6.07, 6.45) is 6.36. The number of nitrogens with zero attached hydrogens (tertiary/aromatic N) is 3. The van der Waals surface area contributed by atoms with Crippen LogP contribution in [0.3, 0.4) is 0 Å². The van der Waals surface area contributed by atoms with Crippen molar-refractivity contribution < 1.29 is 0 Å². The predicted octanol–water partition coefficient (Wildman–Crippen LogP) is 2.53. The molecule has 1 aliphatic rings. The minimum absolute atomic E-state index is 0.420. The molecule has 3 rings (SSSR count). The fourth-order valence-corrected chi connectivity index (χ4v) is 3.31. The smallest absolute Gasteiger partial charge is 0.145 e. The van der Waals surface area contributed by atoms with E-state index in [1.54, 1.807) is 6.33 Å². The molecule has 4 nitrogen and oxygen atoms in total. The van der Waals surface area contributed by atoms with Gasteiger partial charge in [-0.1, -0.05) is 0 Å². The van der Waals surface area contributed by atoms with Crippen molar-refractivity contribution in [3.63, 3.8) is 0 Å². The predicted molar refractivity (Wildman–Crippen MR) is 76.9 cm³/mol. The van der Waals surface area contributed by atoms with E-state index in [0.717, 1.165) is 17.6 Å². The highest BCUT2D eigenvalue weighted by Gasteiger charge is 2.42. The third kappa shape index (κ3) is 1.61. The first-order valence-electron chi connectivity index (χ1n) is 6.19. The summed E-state index contributed by atoms with van der Waals surface area (Å²) in [4.78, 5) is 8.54. The minimum atomic E-state index is 0.420. The molecule has 0 atom stereocenters. The molecule has 0 spiro atoms. The topological polar surface area (TPSA) is 56.7 Å². The van der Waals surface area contributed by atoms with E-state index in [1.165, 1.54) is 24.1 Å². The molecule has 2 aromatic heterocycles. The lowest BCUT2D eigenvalue weighted by atomic mass is 10.2. The van der Waals surface area contributed by atoms with Crippen LogP contribution in [0.25, 0.3) is 11.0 Å². The van der Waals surface area contributed by atoms with Crippen LogP contribution < -0.4 is 5.73 Å². The van der Waals surface area contributed by atoms with Crippen molar-refractivity contribution >= 4 is 28.6 Å². The van der Waals surface area contributed by atoms with E-state index in [1.807, 2.05) is 11.8 Å². The largest absolute Gasteiger partial charge is 0.383 e. The number of nitrogens with two attached hydrogens (primary N) is 1. The molecule has 1 fully saturated rings. The van der Waals surface area contributed by atoms with E-state index < -0.39 is 0 Å². The average Bonchev–Trinajstić information content (AvgIpc) is 3.10. The van der Waals surface area contributed by atoms with E-state index in [9.17, 15) is 0 Å². The number of hydrogen-bond donors (Lipinski definition) is 1. The normalized spacial score (nSPS) is 17.3. The van der Waals surface area contributed by atoms with Gasteiger partial charge in [-0.15, -0.1) is 0 Å². The minimum Gasteiger partial charge on any atom is -0.383 e. The number of nitrogen functional groups attached to an aromatic ring is 1. The number of aromatic nitrogens is 3. The summed E-state index contributed by atoms with van der Waals surface area (Å²) in [5.41, 5.74) is 9.44. The summed E-state index contributed by atoms with van der Waals surface area (Å²) in [5, 5.41) is 1.02. The van der Waals surface area contributed by atoms with Gasteiger partial charge in [0.25, 0.3) is 0 Å². The number of hydrogen-bond acceptors (Lipinski definition) is 4. The molecular weight excluding hydrogens is 244 g/mol. The summed E-state index contributed by atoms with van der Waals surface area (Å²) in [5.74, 6) is 0.591. The van der Waals surface area contributed by atoms with Crippen molar-refractivity contribution in [3.8, 4) is 0 Å². The van der Waals surface area contributed by atoms with Gasteiger partial charge < -0.3 is 10.3 Å². The second kappa shape index (κ2) is 3.88. The fraction of sp³-hybridized carbons (Fsp3) is 0.538. The summed E-state index contributed by atoms with van der Waals surface area (Å²) in [6, 6.07) is 0. The van der Waals surface area contributed by atoms with Gasteiger partial charge in [0.15, 0.2) is 0 Å². The molecule has 5 heteroatoms. The van der Waals surface area contributed by atoms with Gasteiger partial charge in [-0.25, -0.2) is 9.97 Å². The molecule has 0 aromatic carbocycles. The fourth-order valence-electron chi connectivity index (χ4n) is 2.54. The molecule has 2 heterocycles. The van der Waals surface area contributed by atoms with Crippen LogP contribution in [0.1, 0.15) is 24.1 Å². The van der Waals surface area contributed by atoms with Crippen LogP contribution in [-0.2, 0) is 6.54 Å². The van der Waals surface area contributed by atoms with Crippen molar-refractivity contribution in [1.29, 1.82) is 0 Å². The number of fused-ring (bicyclic) bond motifs is 1. The van der Waals surface area contributed by atoms with Crippen molar-refractivity contribution in [1.82, 2.24) is 14.5 Å². The van der Waals surface area contributed by atoms with Crippen LogP contribution in [0.4, 0.5) is 5.82 Å². The Bertz CT molecular complexity index is 613. The monoisotopic (exact) mass is 262 g/mol. The zero-order chi connectivity index (χ0) is 12.9. The van der Waals surface area contributed by atoms with Gasteiger partial charge in [0.2, 0.25) is 0 Å². The molecule has 18 heavy (non-hydrogen) atoms. The second-order valence-electron chi connectivity index (χ2n) is 5.14. The molecule has 0 saturated heterocycles. The Morgan fingerprint density at radius 2 is 2.11 bits per heavy atom. The van der Waals surface area contributed by atoms with E-state index in [-0.39, 0.29) is 0 Å². The van der Waals surface area contributed by atoms with Gasteiger partial charge in [-0.2, -0.15) is 11.8 Å². The van der Waals surface area contributed by atoms with Crippen LogP contribution in [0.2, 0.25) is 0 Å². The Balaban J connectivity index is 2.17. The Kier molecular flexibility index (Phi) is 2.55. The molecular formula is C13H18N4S. The zero-order valence-electron chi connectivity index (χ0n) is 11.0. The van der Waals surface area contributed by atoms with Gasteiger partial charge in [0.05, 0.1) is 5.39 Å². The van der Waals surface area contributed by atoms with E-state index >= 15 is 0 Å². The SMILES string of the molecule is CSC1(Cn2c(C)c(C)c3c(N)ncnc32)CC1. The van der Waals surface area contributed by atoms with Crippen molar-refractivity contribution in [3.05, 3.63) is 17.6 Å². The molecule has 0 bridgehead atoms. The number of thioether (sulfide) groups is 1. The van der Waals surface area contributed by atoms with Crippen LogP contribution in [0.15, 0.2) is 6.33 Å². The highest BCUT2D eigenvalue weighted by atomic mass is 32.2. The molecule has 2 N–H and O–H groups in total. The summed E-state index contributed by atoms with van der Waals surface area (Å²) in [6.45, 7) is 5.28. The molecule has 96 valence electrons. The quantitative estimate of drug-likeness (QED) is 0.923. The van der Waals surface area contributed by atoms with E-state index in [0.29, 0.717) is 10.6 Å². The highest BCUT2D eigenvalue weighted by Crippen LogP contribution is 2.49. The van der Waals surface area contributed by atoms with Gasteiger partial charge in [-0.05, 0) is 38.5 Å². The van der Waals surface area contributed by atoms with Crippen LogP contribution >= 0.6 is 11.8 Å². The van der Waals surface area contributed by atoms with Crippen molar-refractivity contribution in [2.75, 3.05) is 12.0 Å². The summed E-state index contributed by atoms with van der Waals surface area (Å²) < 4.78 is 2.73. The highest BCUT2D eigenvalue weighted by molar-refractivity contribution is 8.00. The van der Waals surface area contributed by atoms with Gasteiger partial charge in [0.1, 0.15) is 17.8 Å². The maximum Gasteiger partial charge on any atom is 0.145 e. The van der Waals surface area contributed by atoms with Crippen LogP contribution in [0, 0.1) is 13.8 Å². The molecule has 0 unspecified atom stereocenters. The van der Waals surface area contributed by atoms with Gasteiger partial charge in [0, 0.05) is 17.0 Å². The van der Waals surface area contributed by atoms with Crippen molar-refractivity contribution in [2.24, 2.45) is 0 Å². The Labute approximate surface area is 111 Å². The summed E-state index contributed by atoms with van der Waals surface area (Å²) >= 11 is 1.97. The van der Waals surface area contributed by atoms with Gasteiger partial charge >= 0.3 is 0 Å². The molecule has 0 radical (unpaired) electrons. The molecule has 0 amide bonds. The standard InChI is InChI=1S/C13H18N4S/c1-8-9(2)17(6-13(18-3)4-5-13)12-10(8)11(14)15-7-16-12/h7H,4-6H2,1-3H3,(H2,14,15,16). The lowest BCUT2D eigenvalue weighted by Crippen LogP contribution is -2.15. The Morgan fingerprint density at radius 1 is 1.39 bits per heavy atom. The third-order valence-electron chi connectivity index (χ3n) is 4.12. The molecule has 1 saturated carbocycles.